The molecular formula is C22H27FN8O4S. The predicted octanol–water partition coefficient (Wildman–Crippen LogP) is 2.16. The number of anilines is 3. The molecule has 2 bridgehead atoms. The second-order valence-electron chi connectivity index (χ2n) is 8.91. The molecule has 2 aliphatic heterocycles. The third-order valence-corrected chi connectivity index (χ3v) is 8.44. The molecule has 2 aliphatic rings. The first-order chi connectivity index (χ1) is 17.4. The molecule has 2 fully saturated rings. The summed E-state index contributed by atoms with van der Waals surface area (Å²) >= 11 is 0. The highest BCUT2D eigenvalue weighted by Gasteiger charge is 2.45. The molecule has 0 saturated carbocycles. The number of halogens is 1. The summed E-state index contributed by atoms with van der Waals surface area (Å²) in [6, 6.07) is 3.77. The molecule has 5 rings (SSSR count). The van der Waals surface area contributed by atoms with E-state index in [0.717, 1.165) is 31.5 Å². The van der Waals surface area contributed by atoms with Crippen LogP contribution in [0.4, 0.5) is 22.0 Å². The van der Waals surface area contributed by atoms with E-state index in [1.807, 2.05) is 0 Å². The van der Waals surface area contributed by atoms with E-state index in [2.05, 4.69) is 35.8 Å². The second-order valence-corrected chi connectivity index (χ2v) is 10.7. The number of rotatable bonds is 8. The lowest BCUT2D eigenvalue weighted by Crippen LogP contribution is -2.57. The number of H-pyrrole nitrogens is 1. The molecule has 3 aromatic rings. The van der Waals surface area contributed by atoms with Crippen molar-refractivity contribution < 1.29 is 22.7 Å². The van der Waals surface area contributed by atoms with Crippen molar-refractivity contribution in [3.63, 3.8) is 0 Å². The van der Waals surface area contributed by atoms with Crippen molar-refractivity contribution in [2.45, 2.75) is 61.7 Å². The first-order valence-electron chi connectivity index (χ1n) is 11.6. The molecule has 0 aliphatic carbocycles. The highest BCUT2D eigenvalue weighted by atomic mass is 32.2. The fourth-order valence-corrected chi connectivity index (χ4v) is 6.85. The summed E-state index contributed by atoms with van der Waals surface area (Å²) in [6.45, 7) is -0.166. The number of hydrogen-bond acceptors (Lipinski definition) is 10. The number of piperidine rings is 2. The van der Waals surface area contributed by atoms with Gasteiger partial charge in [-0.25, -0.2) is 12.8 Å². The van der Waals surface area contributed by atoms with Gasteiger partial charge in [0, 0.05) is 36.5 Å². The van der Waals surface area contributed by atoms with Crippen LogP contribution in [0.15, 0.2) is 35.5 Å². The van der Waals surface area contributed by atoms with Crippen molar-refractivity contribution in [1.29, 1.82) is 0 Å². The molecule has 36 heavy (non-hydrogen) atoms. The van der Waals surface area contributed by atoms with E-state index < -0.39 is 15.8 Å². The minimum atomic E-state index is -3.88. The molecule has 12 nitrogen and oxygen atoms in total. The number of methoxy groups -OCH3 is 1. The third-order valence-electron chi connectivity index (χ3n) is 6.47. The number of pyridine rings is 1. The van der Waals surface area contributed by atoms with Crippen molar-refractivity contribution in [3.05, 3.63) is 42.1 Å². The third kappa shape index (κ3) is 4.96. The van der Waals surface area contributed by atoms with Gasteiger partial charge in [0.2, 0.25) is 21.9 Å². The number of aromatic amines is 1. The standard InChI is InChI=1S/C22H27FN8O4S/c1-35-21-9-19(26-20-8-15(12-32)29-30-20)27-22(28-21)25-14-6-16-3-2-4-17(7-14)31(16)36(33,34)18-5-13(23)10-24-11-18/h5,8-11,14,16-17,32H,2-4,6-7,12H2,1H3,(H3,25,26,27,28,29,30)/t14-,16+,17-. The first-order valence-corrected chi connectivity index (χ1v) is 13.1. The van der Waals surface area contributed by atoms with Gasteiger partial charge in [-0.2, -0.15) is 19.4 Å². The van der Waals surface area contributed by atoms with Crippen molar-refractivity contribution in [2.24, 2.45) is 0 Å². The van der Waals surface area contributed by atoms with E-state index in [9.17, 15) is 17.9 Å². The van der Waals surface area contributed by atoms with E-state index in [4.69, 9.17) is 4.74 Å². The van der Waals surface area contributed by atoms with Crippen LogP contribution in [0.25, 0.3) is 0 Å². The number of aromatic nitrogens is 5. The van der Waals surface area contributed by atoms with E-state index in [0.29, 0.717) is 42.0 Å². The minimum Gasteiger partial charge on any atom is -0.481 e. The summed E-state index contributed by atoms with van der Waals surface area (Å²) in [5.74, 6) is 0.916. The first kappa shape index (κ1) is 24.3. The van der Waals surface area contributed by atoms with Gasteiger partial charge < -0.3 is 20.5 Å². The molecule has 3 aromatic heterocycles. The molecule has 0 amide bonds. The SMILES string of the molecule is COc1cc(Nc2cc(CO)[nH]n2)nc(N[C@H]2C[C@H]3CCC[C@@H](C2)N3S(=O)(=O)c2cncc(F)c2)n1. The van der Waals surface area contributed by atoms with E-state index in [-0.39, 0.29) is 29.6 Å². The molecular weight excluding hydrogens is 491 g/mol. The number of hydrogen-bond donors (Lipinski definition) is 4. The van der Waals surface area contributed by atoms with Crippen molar-refractivity contribution in [1.82, 2.24) is 29.5 Å². The summed E-state index contributed by atoms with van der Waals surface area (Å²) in [5.41, 5.74) is 0.555. The fraction of sp³-hybridized carbons (Fsp3) is 0.455. The van der Waals surface area contributed by atoms with Gasteiger partial charge in [0.1, 0.15) is 16.5 Å². The van der Waals surface area contributed by atoms with Gasteiger partial charge in [-0.3, -0.25) is 10.1 Å². The van der Waals surface area contributed by atoms with E-state index in [1.54, 1.807) is 16.4 Å². The van der Waals surface area contributed by atoms with Crippen molar-refractivity contribution in [2.75, 3.05) is 17.7 Å². The molecule has 0 spiro atoms. The largest absolute Gasteiger partial charge is 0.481 e. The molecule has 14 heteroatoms. The molecule has 5 heterocycles. The number of sulfonamides is 1. The molecule has 0 aromatic carbocycles. The van der Waals surface area contributed by atoms with Crippen LogP contribution >= 0.6 is 0 Å². The molecule has 2 saturated heterocycles. The van der Waals surface area contributed by atoms with Crippen LogP contribution in [0.2, 0.25) is 0 Å². The fourth-order valence-electron chi connectivity index (χ4n) is 4.98. The van der Waals surface area contributed by atoms with Gasteiger partial charge in [-0.15, -0.1) is 0 Å². The topological polar surface area (TPSA) is 158 Å². The molecule has 0 unspecified atom stereocenters. The smallest absolute Gasteiger partial charge is 0.245 e. The van der Waals surface area contributed by atoms with Crippen LogP contribution in [0.3, 0.4) is 0 Å². The van der Waals surface area contributed by atoms with Crippen LogP contribution in [0.1, 0.15) is 37.8 Å². The Labute approximate surface area is 207 Å². The van der Waals surface area contributed by atoms with Gasteiger partial charge in [0.25, 0.3) is 0 Å². The summed E-state index contributed by atoms with van der Waals surface area (Å²) in [4.78, 5) is 12.5. The molecule has 4 N–H and O–H groups in total. The molecule has 0 radical (unpaired) electrons. The number of fused-ring (bicyclic) bond motifs is 2. The summed E-state index contributed by atoms with van der Waals surface area (Å²) in [7, 11) is -2.37. The highest BCUT2D eigenvalue weighted by Crippen LogP contribution is 2.39. The monoisotopic (exact) mass is 518 g/mol. The Hall–Kier alpha value is -3.36. The zero-order chi connectivity index (χ0) is 25.3. The number of ether oxygens (including phenoxy) is 1. The molecule has 3 atom stereocenters. The number of aliphatic hydroxyl groups is 1. The Bertz CT molecular complexity index is 1320. The van der Waals surface area contributed by atoms with Crippen LogP contribution in [0.5, 0.6) is 5.88 Å². The lowest BCUT2D eigenvalue weighted by Gasteiger charge is -2.47. The van der Waals surface area contributed by atoms with Crippen LogP contribution in [-0.4, -0.2) is 68.2 Å². The maximum atomic E-state index is 13.7. The van der Waals surface area contributed by atoms with E-state index >= 15 is 0 Å². The quantitative estimate of drug-likeness (QED) is 0.348. The number of nitrogens with one attached hydrogen (secondary N) is 3. The Balaban J connectivity index is 1.34. The Morgan fingerprint density at radius 2 is 1.94 bits per heavy atom. The van der Waals surface area contributed by atoms with Gasteiger partial charge in [0.05, 0.1) is 25.6 Å². The zero-order valence-corrected chi connectivity index (χ0v) is 20.4. The minimum absolute atomic E-state index is 0.0660. The predicted molar refractivity (Wildman–Crippen MR) is 128 cm³/mol. The van der Waals surface area contributed by atoms with Gasteiger partial charge in [-0.05, 0) is 31.7 Å². The highest BCUT2D eigenvalue weighted by molar-refractivity contribution is 7.89. The van der Waals surface area contributed by atoms with Crippen molar-refractivity contribution >= 4 is 27.6 Å². The van der Waals surface area contributed by atoms with Crippen LogP contribution in [0, 0.1) is 5.82 Å². The van der Waals surface area contributed by atoms with Crippen LogP contribution in [-0.2, 0) is 16.6 Å². The van der Waals surface area contributed by atoms with Crippen molar-refractivity contribution in [3.8, 4) is 5.88 Å². The number of aliphatic hydroxyl groups excluding tert-OH is 1. The van der Waals surface area contributed by atoms with Gasteiger partial charge in [-0.1, -0.05) is 6.42 Å². The van der Waals surface area contributed by atoms with E-state index in [1.165, 1.54) is 13.3 Å². The summed E-state index contributed by atoms with van der Waals surface area (Å²) < 4.78 is 47.3. The van der Waals surface area contributed by atoms with Gasteiger partial charge in [0.15, 0.2) is 5.82 Å². The second kappa shape index (κ2) is 9.95. The maximum Gasteiger partial charge on any atom is 0.245 e. The normalized spacial score (nSPS) is 22.2. The van der Waals surface area contributed by atoms with Gasteiger partial charge >= 0.3 is 0 Å². The summed E-state index contributed by atoms with van der Waals surface area (Å²) in [6.07, 6.45) is 5.66. The number of nitrogens with zero attached hydrogens (tertiary/aromatic N) is 5. The average molecular weight is 519 g/mol. The summed E-state index contributed by atoms with van der Waals surface area (Å²) in [5, 5.41) is 22.4. The average Bonchev–Trinajstić information content (AvgIpc) is 3.30. The molecule has 192 valence electrons. The maximum absolute atomic E-state index is 13.7. The Morgan fingerprint density at radius 1 is 1.17 bits per heavy atom. The Kier molecular flexibility index (Phi) is 6.73. The van der Waals surface area contributed by atoms with Crippen LogP contribution < -0.4 is 15.4 Å². The lowest BCUT2D eigenvalue weighted by atomic mass is 9.84. The lowest BCUT2D eigenvalue weighted by molar-refractivity contribution is 0.115. The zero-order valence-electron chi connectivity index (χ0n) is 19.6. The Morgan fingerprint density at radius 3 is 2.61 bits per heavy atom.